The van der Waals surface area contributed by atoms with E-state index >= 15 is 0 Å². The van der Waals surface area contributed by atoms with Crippen LogP contribution < -0.4 is 15.1 Å². The SMILES string of the molecule is O=C(NCc1cccc(F)c1)[C@H]1Cc2ccccc2N2CCN(c3ccccc3F)C[C@@H]12. The van der Waals surface area contributed by atoms with Crippen LogP contribution in [0.2, 0.25) is 0 Å². The minimum atomic E-state index is -0.317. The van der Waals surface area contributed by atoms with Crippen LogP contribution >= 0.6 is 0 Å². The number of carbonyl (C=O) groups excluding carboxylic acids is 1. The average Bonchev–Trinajstić information content (AvgIpc) is 2.82. The molecule has 2 aliphatic rings. The maximum absolute atomic E-state index is 14.5. The lowest BCUT2D eigenvalue weighted by Gasteiger charge is -2.49. The van der Waals surface area contributed by atoms with Gasteiger partial charge in [-0.15, -0.1) is 0 Å². The Balaban J connectivity index is 1.40. The molecule has 0 unspecified atom stereocenters. The first-order chi connectivity index (χ1) is 15.6. The Kier molecular flexibility index (Phi) is 5.52. The van der Waals surface area contributed by atoms with Crippen molar-refractivity contribution in [2.75, 3.05) is 29.4 Å². The molecule has 5 rings (SSSR count). The Labute approximate surface area is 186 Å². The van der Waals surface area contributed by atoms with Crippen molar-refractivity contribution in [3.05, 3.63) is 95.6 Å². The van der Waals surface area contributed by atoms with Crippen LogP contribution in [-0.4, -0.2) is 31.6 Å². The highest BCUT2D eigenvalue weighted by Crippen LogP contribution is 2.37. The number of piperazine rings is 1. The fourth-order valence-corrected chi connectivity index (χ4v) is 4.95. The first-order valence-corrected chi connectivity index (χ1v) is 11.0. The van der Waals surface area contributed by atoms with E-state index in [9.17, 15) is 13.6 Å². The molecular formula is C26H25F2N3O. The van der Waals surface area contributed by atoms with Crippen LogP contribution in [0.5, 0.6) is 0 Å². The number of halogens is 2. The van der Waals surface area contributed by atoms with E-state index in [1.165, 1.54) is 18.2 Å². The van der Waals surface area contributed by atoms with Gasteiger partial charge in [-0.25, -0.2) is 8.78 Å². The summed E-state index contributed by atoms with van der Waals surface area (Å²) in [6.45, 7) is 2.24. The molecule has 0 radical (unpaired) electrons. The minimum Gasteiger partial charge on any atom is -0.365 e. The number of hydrogen-bond donors (Lipinski definition) is 1. The van der Waals surface area contributed by atoms with E-state index in [-0.39, 0.29) is 36.0 Å². The maximum Gasteiger partial charge on any atom is 0.225 e. The predicted molar refractivity (Wildman–Crippen MR) is 122 cm³/mol. The van der Waals surface area contributed by atoms with E-state index in [2.05, 4.69) is 22.3 Å². The number of nitrogens with zero attached hydrogens (tertiary/aromatic N) is 2. The molecule has 0 aromatic heterocycles. The highest BCUT2D eigenvalue weighted by Gasteiger charge is 2.41. The number of anilines is 2. The van der Waals surface area contributed by atoms with Crippen molar-refractivity contribution in [3.8, 4) is 0 Å². The molecule has 1 N–H and O–H groups in total. The van der Waals surface area contributed by atoms with Crippen molar-refractivity contribution < 1.29 is 13.6 Å². The third-order valence-electron chi connectivity index (χ3n) is 6.51. The molecule has 2 atom stereocenters. The molecule has 0 saturated carbocycles. The summed E-state index contributed by atoms with van der Waals surface area (Å²) in [5.41, 5.74) is 3.60. The van der Waals surface area contributed by atoms with Crippen LogP contribution in [0.15, 0.2) is 72.8 Å². The Bertz CT molecular complexity index is 1140. The van der Waals surface area contributed by atoms with E-state index in [1.54, 1.807) is 24.3 Å². The smallest absolute Gasteiger partial charge is 0.225 e. The van der Waals surface area contributed by atoms with E-state index in [0.717, 1.165) is 16.8 Å². The summed E-state index contributed by atoms with van der Waals surface area (Å²) in [5, 5.41) is 3.00. The number of nitrogens with one attached hydrogen (secondary N) is 1. The zero-order valence-electron chi connectivity index (χ0n) is 17.7. The van der Waals surface area contributed by atoms with Gasteiger partial charge in [0.05, 0.1) is 17.6 Å². The molecule has 4 nitrogen and oxygen atoms in total. The molecular weight excluding hydrogens is 408 g/mol. The van der Waals surface area contributed by atoms with Crippen molar-refractivity contribution in [2.24, 2.45) is 5.92 Å². The lowest BCUT2D eigenvalue weighted by molar-refractivity contribution is -0.126. The zero-order chi connectivity index (χ0) is 22.1. The van der Waals surface area contributed by atoms with Crippen molar-refractivity contribution in [1.29, 1.82) is 0 Å². The molecule has 0 aliphatic carbocycles. The number of para-hydroxylation sites is 2. The van der Waals surface area contributed by atoms with E-state index in [4.69, 9.17) is 0 Å². The first kappa shape index (κ1) is 20.5. The average molecular weight is 434 g/mol. The quantitative estimate of drug-likeness (QED) is 0.672. The molecule has 1 fully saturated rings. The van der Waals surface area contributed by atoms with Gasteiger partial charge in [-0.3, -0.25) is 4.79 Å². The molecule has 1 amide bonds. The summed E-state index contributed by atoms with van der Waals surface area (Å²) in [7, 11) is 0. The summed E-state index contributed by atoms with van der Waals surface area (Å²) in [5.74, 6) is -0.909. The molecule has 2 heterocycles. The first-order valence-electron chi connectivity index (χ1n) is 11.0. The standard InChI is InChI=1S/C26H25F2N3O/c27-20-8-5-6-18(14-20)16-29-26(32)21-15-19-7-1-3-10-23(19)31-13-12-30(17-25(21)31)24-11-4-2-9-22(24)28/h1-11,14,21,25H,12-13,15-17H2,(H,29,32)/t21-,25-/m0/s1. The van der Waals surface area contributed by atoms with Crippen LogP contribution in [0, 0.1) is 17.6 Å². The van der Waals surface area contributed by atoms with Gasteiger partial charge in [-0.05, 0) is 47.9 Å². The predicted octanol–water partition coefficient (Wildman–Crippen LogP) is 4.15. The molecule has 6 heteroatoms. The van der Waals surface area contributed by atoms with Crippen molar-refractivity contribution in [3.63, 3.8) is 0 Å². The molecule has 2 aliphatic heterocycles. The largest absolute Gasteiger partial charge is 0.365 e. The number of carbonyl (C=O) groups is 1. The third-order valence-corrected chi connectivity index (χ3v) is 6.51. The van der Waals surface area contributed by atoms with Gasteiger partial charge in [-0.2, -0.15) is 0 Å². The summed E-state index contributed by atoms with van der Waals surface area (Å²) in [6, 6.07) is 21.2. The number of rotatable bonds is 4. The normalized spacial score (nSPS) is 19.8. The number of fused-ring (bicyclic) bond motifs is 3. The van der Waals surface area contributed by atoms with Gasteiger partial charge in [0.25, 0.3) is 0 Å². The number of amides is 1. The third kappa shape index (κ3) is 3.93. The Morgan fingerprint density at radius 2 is 1.72 bits per heavy atom. The van der Waals surface area contributed by atoms with E-state index in [0.29, 0.717) is 31.7 Å². The van der Waals surface area contributed by atoms with Crippen molar-refractivity contribution >= 4 is 17.3 Å². The molecule has 1 saturated heterocycles. The topological polar surface area (TPSA) is 35.6 Å². The highest BCUT2D eigenvalue weighted by molar-refractivity contribution is 5.82. The highest BCUT2D eigenvalue weighted by atomic mass is 19.1. The number of benzene rings is 3. The summed E-state index contributed by atoms with van der Waals surface area (Å²) >= 11 is 0. The van der Waals surface area contributed by atoms with Gasteiger partial charge in [0.2, 0.25) is 5.91 Å². The summed E-state index contributed by atoms with van der Waals surface area (Å²) in [6.07, 6.45) is 0.622. The Morgan fingerprint density at radius 1 is 0.938 bits per heavy atom. The second kappa shape index (κ2) is 8.61. The second-order valence-electron chi connectivity index (χ2n) is 8.45. The lowest BCUT2D eigenvalue weighted by Crippen LogP contribution is -2.61. The van der Waals surface area contributed by atoms with Crippen LogP contribution in [0.3, 0.4) is 0 Å². The summed E-state index contributed by atoms with van der Waals surface area (Å²) < 4.78 is 28.0. The van der Waals surface area contributed by atoms with Crippen LogP contribution in [0.25, 0.3) is 0 Å². The maximum atomic E-state index is 14.5. The molecule has 0 bridgehead atoms. The van der Waals surface area contributed by atoms with E-state index < -0.39 is 0 Å². The molecule has 32 heavy (non-hydrogen) atoms. The molecule has 3 aromatic rings. The molecule has 164 valence electrons. The summed E-state index contributed by atoms with van der Waals surface area (Å²) in [4.78, 5) is 17.6. The van der Waals surface area contributed by atoms with Gasteiger partial charge in [0, 0.05) is 31.9 Å². The zero-order valence-corrected chi connectivity index (χ0v) is 17.7. The fourth-order valence-electron chi connectivity index (χ4n) is 4.95. The van der Waals surface area contributed by atoms with Gasteiger partial charge in [-0.1, -0.05) is 42.5 Å². The van der Waals surface area contributed by atoms with Crippen LogP contribution in [0.4, 0.5) is 20.2 Å². The molecule has 3 aromatic carbocycles. The lowest BCUT2D eigenvalue weighted by atomic mass is 9.83. The van der Waals surface area contributed by atoms with Gasteiger partial charge in [0.1, 0.15) is 11.6 Å². The second-order valence-corrected chi connectivity index (χ2v) is 8.45. The van der Waals surface area contributed by atoms with Crippen molar-refractivity contribution in [2.45, 2.75) is 19.0 Å². The van der Waals surface area contributed by atoms with Crippen LogP contribution in [0.1, 0.15) is 11.1 Å². The molecule has 0 spiro atoms. The van der Waals surface area contributed by atoms with Crippen LogP contribution in [-0.2, 0) is 17.8 Å². The van der Waals surface area contributed by atoms with E-state index in [1.807, 2.05) is 23.1 Å². The monoisotopic (exact) mass is 433 g/mol. The van der Waals surface area contributed by atoms with Crippen molar-refractivity contribution in [1.82, 2.24) is 5.32 Å². The minimum absolute atomic E-state index is 0.0610. The van der Waals surface area contributed by atoms with Gasteiger partial charge in [0.15, 0.2) is 0 Å². The van der Waals surface area contributed by atoms with Gasteiger partial charge < -0.3 is 15.1 Å². The number of hydrogen-bond acceptors (Lipinski definition) is 3. The Morgan fingerprint density at radius 3 is 2.53 bits per heavy atom. The fraction of sp³-hybridized carbons (Fsp3) is 0.269. The Hall–Kier alpha value is -3.41. The van der Waals surface area contributed by atoms with Gasteiger partial charge >= 0.3 is 0 Å².